The van der Waals surface area contributed by atoms with Crippen LogP contribution in [0.1, 0.15) is 38.4 Å². The highest BCUT2D eigenvalue weighted by Crippen LogP contribution is 2.18. The largest absolute Gasteiger partial charge is 0.393 e. The van der Waals surface area contributed by atoms with E-state index in [1.54, 1.807) is 4.68 Å². The molecule has 0 atom stereocenters. The van der Waals surface area contributed by atoms with Gasteiger partial charge in [-0.3, -0.25) is 9.48 Å². The van der Waals surface area contributed by atoms with Gasteiger partial charge < -0.3 is 5.73 Å². The zero-order valence-electron chi connectivity index (χ0n) is 13.4. The first-order chi connectivity index (χ1) is 9.95. The maximum Gasteiger partial charge on any atom is 0.294 e. The molecule has 2 rings (SSSR count). The Morgan fingerprint density at radius 1 is 1.19 bits per heavy atom. The van der Waals surface area contributed by atoms with Crippen LogP contribution < -0.4 is 11.3 Å². The Kier molecular flexibility index (Phi) is 4.56. The van der Waals surface area contributed by atoms with Crippen molar-refractivity contribution in [2.45, 2.75) is 47.1 Å². The number of hydrogen-bond donors (Lipinski definition) is 1. The Labute approximate surface area is 126 Å². The van der Waals surface area contributed by atoms with Crippen LogP contribution in [0.3, 0.4) is 0 Å². The second kappa shape index (κ2) is 6.20. The first kappa shape index (κ1) is 15.4. The zero-order valence-corrected chi connectivity index (χ0v) is 13.4. The SMILES string of the molecule is CCCn1c(CC(C)C)c(N)c(=O)n1-c1ccc(C)cc1. The molecule has 0 spiro atoms. The fourth-order valence-corrected chi connectivity index (χ4v) is 2.60. The third kappa shape index (κ3) is 3.04. The van der Waals surface area contributed by atoms with E-state index in [9.17, 15) is 4.79 Å². The molecule has 2 aromatic rings. The van der Waals surface area contributed by atoms with E-state index >= 15 is 0 Å². The van der Waals surface area contributed by atoms with E-state index in [1.807, 2.05) is 35.9 Å². The molecule has 1 aromatic carbocycles. The summed E-state index contributed by atoms with van der Waals surface area (Å²) >= 11 is 0. The molecule has 1 aromatic heterocycles. The number of nitrogens with two attached hydrogens (primary N) is 1. The van der Waals surface area contributed by atoms with Gasteiger partial charge in [0.05, 0.1) is 11.4 Å². The minimum atomic E-state index is -0.108. The Morgan fingerprint density at radius 3 is 2.33 bits per heavy atom. The van der Waals surface area contributed by atoms with Gasteiger partial charge in [-0.1, -0.05) is 38.5 Å². The lowest BCUT2D eigenvalue weighted by molar-refractivity contribution is 0.494. The van der Waals surface area contributed by atoms with Crippen molar-refractivity contribution in [2.75, 3.05) is 5.73 Å². The summed E-state index contributed by atoms with van der Waals surface area (Å²) < 4.78 is 3.76. The molecule has 0 amide bonds. The summed E-state index contributed by atoms with van der Waals surface area (Å²) in [5, 5.41) is 0. The van der Waals surface area contributed by atoms with Crippen LogP contribution in [0.15, 0.2) is 29.1 Å². The quantitative estimate of drug-likeness (QED) is 0.918. The molecule has 0 bridgehead atoms. The first-order valence-electron chi connectivity index (χ1n) is 7.62. The van der Waals surface area contributed by atoms with Crippen LogP contribution in [0.5, 0.6) is 0 Å². The number of aromatic nitrogens is 2. The van der Waals surface area contributed by atoms with Gasteiger partial charge in [-0.05, 0) is 37.8 Å². The van der Waals surface area contributed by atoms with Crippen LogP contribution in [0.25, 0.3) is 5.69 Å². The Hall–Kier alpha value is -1.97. The lowest BCUT2D eigenvalue weighted by Gasteiger charge is -2.15. The van der Waals surface area contributed by atoms with Gasteiger partial charge in [0.1, 0.15) is 5.69 Å². The predicted octanol–water partition coefficient (Wildman–Crippen LogP) is 3.14. The maximum absolute atomic E-state index is 12.6. The standard InChI is InChI=1S/C17H25N3O/c1-5-10-19-15(11-12(2)3)16(18)17(21)20(19)14-8-6-13(4)7-9-14/h6-9,12H,5,10-11,18H2,1-4H3. The average molecular weight is 287 g/mol. The molecule has 1 heterocycles. The van der Waals surface area contributed by atoms with Gasteiger partial charge in [-0.2, -0.15) is 0 Å². The topological polar surface area (TPSA) is 52.9 Å². The minimum Gasteiger partial charge on any atom is -0.393 e. The number of nitrogen functional groups attached to an aromatic ring is 1. The summed E-state index contributed by atoms with van der Waals surface area (Å²) in [5.41, 5.74) is 9.38. The van der Waals surface area contributed by atoms with Gasteiger partial charge in [0.25, 0.3) is 5.56 Å². The molecule has 2 N–H and O–H groups in total. The molecule has 0 aliphatic rings. The van der Waals surface area contributed by atoms with Crippen molar-refractivity contribution in [1.29, 1.82) is 0 Å². The van der Waals surface area contributed by atoms with Crippen LogP contribution in [0.4, 0.5) is 5.69 Å². The molecule has 0 saturated heterocycles. The van der Waals surface area contributed by atoms with E-state index in [4.69, 9.17) is 5.73 Å². The van der Waals surface area contributed by atoms with Crippen molar-refractivity contribution < 1.29 is 0 Å². The Morgan fingerprint density at radius 2 is 1.81 bits per heavy atom. The van der Waals surface area contributed by atoms with Crippen molar-refractivity contribution in [3.8, 4) is 5.69 Å². The number of aryl methyl sites for hydroxylation is 1. The Bertz CT molecular complexity index is 663. The van der Waals surface area contributed by atoms with Gasteiger partial charge in [0.15, 0.2) is 0 Å². The number of rotatable bonds is 5. The van der Waals surface area contributed by atoms with E-state index in [0.29, 0.717) is 11.6 Å². The van der Waals surface area contributed by atoms with Gasteiger partial charge >= 0.3 is 0 Å². The second-order valence-electron chi connectivity index (χ2n) is 6.03. The van der Waals surface area contributed by atoms with Crippen molar-refractivity contribution in [3.05, 3.63) is 45.9 Å². The summed E-state index contributed by atoms with van der Waals surface area (Å²) in [7, 11) is 0. The number of hydrogen-bond acceptors (Lipinski definition) is 2. The number of nitrogens with zero attached hydrogens (tertiary/aromatic N) is 2. The zero-order chi connectivity index (χ0) is 15.6. The fourth-order valence-electron chi connectivity index (χ4n) is 2.60. The molecule has 0 aliphatic heterocycles. The summed E-state index contributed by atoms with van der Waals surface area (Å²) in [6.07, 6.45) is 1.78. The van der Waals surface area contributed by atoms with Crippen LogP contribution in [-0.4, -0.2) is 9.36 Å². The summed E-state index contributed by atoms with van der Waals surface area (Å²) in [6, 6.07) is 7.98. The molecular weight excluding hydrogens is 262 g/mol. The molecule has 21 heavy (non-hydrogen) atoms. The molecule has 0 saturated carbocycles. The molecule has 0 unspecified atom stereocenters. The number of benzene rings is 1. The normalized spacial score (nSPS) is 11.3. The molecule has 0 aliphatic carbocycles. The third-order valence-corrected chi connectivity index (χ3v) is 3.60. The van der Waals surface area contributed by atoms with Crippen LogP contribution in [0.2, 0.25) is 0 Å². The van der Waals surface area contributed by atoms with Gasteiger partial charge in [-0.25, -0.2) is 4.68 Å². The Balaban J connectivity index is 2.64. The van der Waals surface area contributed by atoms with Gasteiger partial charge in [0.2, 0.25) is 0 Å². The average Bonchev–Trinajstić information content (AvgIpc) is 2.65. The molecule has 4 nitrogen and oxygen atoms in total. The number of anilines is 1. The van der Waals surface area contributed by atoms with E-state index in [0.717, 1.165) is 30.8 Å². The summed E-state index contributed by atoms with van der Waals surface area (Å²) in [5.74, 6) is 0.462. The van der Waals surface area contributed by atoms with E-state index < -0.39 is 0 Å². The van der Waals surface area contributed by atoms with Crippen LogP contribution in [0, 0.1) is 12.8 Å². The summed E-state index contributed by atoms with van der Waals surface area (Å²) in [6.45, 7) is 9.23. The molecule has 114 valence electrons. The highest BCUT2D eigenvalue weighted by atomic mass is 16.1. The fraction of sp³-hybridized carbons (Fsp3) is 0.471. The van der Waals surface area contributed by atoms with Crippen LogP contribution in [-0.2, 0) is 13.0 Å². The van der Waals surface area contributed by atoms with Crippen LogP contribution >= 0.6 is 0 Å². The molecular formula is C17H25N3O. The highest BCUT2D eigenvalue weighted by Gasteiger charge is 2.19. The lowest BCUT2D eigenvalue weighted by Crippen LogP contribution is -2.22. The minimum absolute atomic E-state index is 0.108. The smallest absolute Gasteiger partial charge is 0.294 e. The molecule has 0 radical (unpaired) electrons. The first-order valence-corrected chi connectivity index (χ1v) is 7.62. The monoisotopic (exact) mass is 287 g/mol. The molecule has 0 fully saturated rings. The van der Waals surface area contributed by atoms with Gasteiger partial charge in [-0.15, -0.1) is 0 Å². The van der Waals surface area contributed by atoms with Crippen molar-refractivity contribution in [2.24, 2.45) is 5.92 Å². The van der Waals surface area contributed by atoms with E-state index in [2.05, 4.69) is 20.8 Å². The molecule has 4 heteroatoms. The maximum atomic E-state index is 12.6. The van der Waals surface area contributed by atoms with E-state index in [1.165, 1.54) is 5.56 Å². The second-order valence-corrected chi connectivity index (χ2v) is 6.03. The van der Waals surface area contributed by atoms with Crippen molar-refractivity contribution >= 4 is 5.69 Å². The lowest BCUT2D eigenvalue weighted by atomic mass is 10.1. The highest BCUT2D eigenvalue weighted by molar-refractivity contribution is 5.46. The van der Waals surface area contributed by atoms with Crippen molar-refractivity contribution in [1.82, 2.24) is 9.36 Å². The predicted molar refractivity (Wildman–Crippen MR) is 88.0 cm³/mol. The van der Waals surface area contributed by atoms with Gasteiger partial charge in [0, 0.05) is 6.54 Å². The third-order valence-electron chi connectivity index (χ3n) is 3.60. The van der Waals surface area contributed by atoms with Crippen molar-refractivity contribution in [3.63, 3.8) is 0 Å². The summed E-state index contributed by atoms with van der Waals surface area (Å²) in [4.78, 5) is 12.6. The van der Waals surface area contributed by atoms with E-state index in [-0.39, 0.29) is 5.56 Å².